The van der Waals surface area contributed by atoms with Gasteiger partial charge in [-0.15, -0.1) is 0 Å². The molecular formula is C7H5BrFNO2. The third-order valence-electron chi connectivity index (χ3n) is 1.30. The first-order valence-corrected chi connectivity index (χ1v) is 3.94. The fourth-order valence-corrected chi connectivity index (χ4v) is 1.03. The Bertz CT molecular complexity index is 316. The van der Waals surface area contributed by atoms with Crippen molar-refractivity contribution in [3.05, 3.63) is 44.2 Å². The van der Waals surface area contributed by atoms with Crippen LogP contribution < -0.4 is 0 Å². The van der Waals surface area contributed by atoms with Gasteiger partial charge in [-0.25, -0.2) is 4.39 Å². The van der Waals surface area contributed by atoms with Crippen LogP contribution >= 0.6 is 15.9 Å². The van der Waals surface area contributed by atoms with Crippen molar-refractivity contribution in [3.63, 3.8) is 0 Å². The van der Waals surface area contributed by atoms with Gasteiger partial charge in [-0.2, -0.15) is 0 Å². The van der Waals surface area contributed by atoms with E-state index in [2.05, 4.69) is 15.9 Å². The quantitative estimate of drug-likeness (QED) is 0.582. The van der Waals surface area contributed by atoms with E-state index in [9.17, 15) is 14.5 Å². The second-order valence-electron chi connectivity index (χ2n) is 2.24. The highest BCUT2D eigenvalue weighted by Gasteiger charge is 2.04. The van der Waals surface area contributed by atoms with Crippen molar-refractivity contribution >= 4 is 15.9 Å². The second kappa shape index (κ2) is 3.62. The van der Waals surface area contributed by atoms with Gasteiger partial charge >= 0.3 is 0 Å². The van der Waals surface area contributed by atoms with Crippen LogP contribution in [0.15, 0.2) is 22.7 Å². The molecule has 12 heavy (non-hydrogen) atoms. The molecule has 0 N–H and O–H groups in total. The van der Waals surface area contributed by atoms with Crippen molar-refractivity contribution in [1.82, 2.24) is 0 Å². The molecule has 0 unspecified atom stereocenters. The molecule has 0 spiro atoms. The Hall–Kier alpha value is -0.970. The van der Waals surface area contributed by atoms with Crippen LogP contribution in [0.2, 0.25) is 0 Å². The van der Waals surface area contributed by atoms with Crippen molar-refractivity contribution in [1.29, 1.82) is 0 Å². The molecule has 0 saturated carbocycles. The van der Waals surface area contributed by atoms with Gasteiger partial charge in [-0.05, 0) is 28.1 Å². The van der Waals surface area contributed by atoms with Crippen molar-refractivity contribution in [3.8, 4) is 0 Å². The van der Waals surface area contributed by atoms with Crippen LogP contribution in [0, 0.1) is 15.9 Å². The lowest BCUT2D eigenvalue weighted by Gasteiger charge is -1.96. The van der Waals surface area contributed by atoms with Gasteiger partial charge in [0.1, 0.15) is 5.82 Å². The van der Waals surface area contributed by atoms with Crippen molar-refractivity contribution < 1.29 is 9.31 Å². The average Bonchev–Trinajstić information content (AvgIpc) is 1.96. The highest BCUT2D eigenvalue weighted by atomic mass is 79.9. The highest BCUT2D eigenvalue weighted by molar-refractivity contribution is 9.10. The van der Waals surface area contributed by atoms with E-state index in [1.807, 2.05) is 0 Å². The molecular weight excluding hydrogens is 229 g/mol. The van der Waals surface area contributed by atoms with Crippen molar-refractivity contribution in [2.24, 2.45) is 0 Å². The number of hydrogen-bond donors (Lipinski definition) is 0. The maximum Gasteiger partial charge on any atom is 0.229 e. The fourth-order valence-electron chi connectivity index (χ4n) is 0.787. The summed E-state index contributed by atoms with van der Waals surface area (Å²) < 4.78 is 13.1. The predicted octanol–water partition coefficient (Wildman–Crippen LogP) is 2.36. The number of halogens is 2. The fraction of sp³-hybridized carbons (Fsp3) is 0.143. The molecule has 0 bridgehead atoms. The average molecular weight is 234 g/mol. The van der Waals surface area contributed by atoms with Gasteiger partial charge in [-0.3, -0.25) is 10.1 Å². The Labute approximate surface area is 76.5 Å². The second-order valence-corrected chi connectivity index (χ2v) is 3.09. The molecule has 64 valence electrons. The van der Waals surface area contributed by atoms with Crippen LogP contribution in [-0.4, -0.2) is 4.92 Å². The lowest BCUT2D eigenvalue weighted by Crippen LogP contribution is -1.98. The first-order chi connectivity index (χ1) is 5.59. The molecule has 0 saturated heterocycles. The van der Waals surface area contributed by atoms with Crippen molar-refractivity contribution in [2.75, 3.05) is 0 Å². The molecule has 0 aliphatic heterocycles. The number of nitrogens with zero attached hydrogens (tertiary/aromatic N) is 1. The Morgan fingerprint density at radius 3 is 2.75 bits per heavy atom. The van der Waals surface area contributed by atoms with E-state index >= 15 is 0 Å². The van der Waals surface area contributed by atoms with Crippen LogP contribution in [0.5, 0.6) is 0 Å². The zero-order valence-corrected chi connectivity index (χ0v) is 7.54. The molecule has 1 aromatic carbocycles. The van der Waals surface area contributed by atoms with Crippen LogP contribution in [0.1, 0.15) is 5.56 Å². The zero-order chi connectivity index (χ0) is 9.14. The van der Waals surface area contributed by atoms with Crippen LogP contribution in [0.4, 0.5) is 4.39 Å². The molecule has 0 amide bonds. The molecule has 0 heterocycles. The Kier molecular flexibility index (Phi) is 2.75. The lowest BCUT2D eigenvalue weighted by molar-refractivity contribution is -0.496. The summed E-state index contributed by atoms with van der Waals surface area (Å²) in [6.07, 6.45) is 0. The van der Waals surface area contributed by atoms with Crippen LogP contribution in [0.25, 0.3) is 0 Å². The van der Waals surface area contributed by atoms with Gasteiger partial charge in [0.05, 0.1) is 4.47 Å². The normalized spacial score (nSPS) is 9.83. The lowest BCUT2D eigenvalue weighted by atomic mass is 10.2. The summed E-state index contributed by atoms with van der Waals surface area (Å²) in [6, 6.07) is 4.11. The summed E-state index contributed by atoms with van der Waals surface area (Å²) in [5.74, 6) is -0.477. The van der Waals surface area contributed by atoms with Crippen LogP contribution in [-0.2, 0) is 6.54 Å². The van der Waals surface area contributed by atoms with E-state index in [1.165, 1.54) is 12.1 Å². The van der Waals surface area contributed by atoms with E-state index in [-0.39, 0.29) is 6.54 Å². The summed E-state index contributed by atoms with van der Waals surface area (Å²) >= 11 is 2.95. The van der Waals surface area contributed by atoms with Gasteiger partial charge in [0.2, 0.25) is 6.54 Å². The molecule has 0 aliphatic rings. The van der Waals surface area contributed by atoms with Gasteiger partial charge in [0.25, 0.3) is 0 Å². The Balaban J connectivity index is 2.89. The summed E-state index contributed by atoms with van der Waals surface area (Å²) in [5, 5.41) is 10.0. The van der Waals surface area contributed by atoms with Gasteiger partial charge in [-0.1, -0.05) is 6.07 Å². The SMILES string of the molecule is O=[N+]([O-])Cc1ccc(Br)c(F)c1. The molecule has 3 nitrogen and oxygen atoms in total. The van der Waals surface area contributed by atoms with Gasteiger partial charge in [0.15, 0.2) is 0 Å². The third-order valence-corrected chi connectivity index (χ3v) is 1.94. The van der Waals surface area contributed by atoms with E-state index in [4.69, 9.17) is 0 Å². The molecule has 0 radical (unpaired) electrons. The molecule has 0 aromatic heterocycles. The van der Waals surface area contributed by atoms with Gasteiger partial charge in [0, 0.05) is 10.5 Å². The zero-order valence-electron chi connectivity index (χ0n) is 5.96. The molecule has 0 atom stereocenters. The largest absolute Gasteiger partial charge is 0.264 e. The smallest absolute Gasteiger partial charge is 0.229 e. The molecule has 1 aromatic rings. The van der Waals surface area contributed by atoms with Gasteiger partial charge < -0.3 is 0 Å². The summed E-state index contributed by atoms with van der Waals surface area (Å²) in [5.41, 5.74) is 0.362. The summed E-state index contributed by atoms with van der Waals surface area (Å²) in [4.78, 5) is 9.54. The summed E-state index contributed by atoms with van der Waals surface area (Å²) in [7, 11) is 0. The number of benzene rings is 1. The summed E-state index contributed by atoms with van der Waals surface area (Å²) in [6.45, 7) is -0.343. The highest BCUT2D eigenvalue weighted by Crippen LogP contribution is 2.16. The number of hydrogen-bond acceptors (Lipinski definition) is 2. The molecule has 0 fully saturated rings. The maximum absolute atomic E-state index is 12.8. The molecule has 1 rings (SSSR count). The molecule has 5 heteroatoms. The monoisotopic (exact) mass is 233 g/mol. The third kappa shape index (κ3) is 2.27. The predicted molar refractivity (Wildman–Crippen MR) is 44.8 cm³/mol. The Morgan fingerprint density at radius 2 is 2.25 bits per heavy atom. The maximum atomic E-state index is 12.8. The number of rotatable bonds is 2. The van der Waals surface area contributed by atoms with Crippen molar-refractivity contribution in [2.45, 2.75) is 6.54 Å². The Morgan fingerprint density at radius 1 is 1.58 bits per heavy atom. The standard InChI is InChI=1S/C7H5BrFNO2/c8-6-2-1-5(3-7(6)9)4-10(11)12/h1-3H,4H2. The van der Waals surface area contributed by atoms with E-state index < -0.39 is 10.7 Å². The first-order valence-electron chi connectivity index (χ1n) is 3.15. The van der Waals surface area contributed by atoms with E-state index in [0.717, 1.165) is 6.07 Å². The van der Waals surface area contributed by atoms with E-state index in [1.54, 1.807) is 0 Å². The first kappa shape index (κ1) is 9.12. The topological polar surface area (TPSA) is 43.1 Å². The minimum atomic E-state index is -0.497. The van der Waals surface area contributed by atoms with E-state index in [0.29, 0.717) is 10.0 Å². The minimum absolute atomic E-state index is 0.314. The molecule has 0 aliphatic carbocycles. The minimum Gasteiger partial charge on any atom is -0.264 e. The van der Waals surface area contributed by atoms with Crippen LogP contribution in [0.3, 0.4) is 0 Å². The number of nitro groups is 1.